The van der Waals surface area contributed by atoms with E-state index in [1.165, 1.54) is 0 Å². The highest BCUT2D eigenvalue weighted by Gasteiger charge is 2.31. The zero-order valence-corrected chi connectivity index (χ0v) is 14.1. The van der Waals surface area contributed by atoms with E-state index in [-0.39, 0.29) is 0 Å². The number of para-hydroxylation sites is 1. The van der Waals surface area contributed by atoms with Gasteiger partial charge >= 0.3 is 5.97 Å². The number of aliphatic carboxylic acids is 1. The van der Waals surface area contributed by atoms with Crippen LogP contribution in [0.4, 0.5) is 11.4 Å². The number of carboxylic acids is 1. The van der Waals surface area contributed by atoms with Gasteiger partial charge in [-0.2, -0.15) is 0 Å². The van der Waals surface area contributed by atoms with E-state index in [4.69, 9.17) is 23.2 Å². The SMILES string of the molecule is Cc1ccc(Cl)c(Nc2ccccc2C(C)(C)C(=O)O)c1Cl. The van der Waals surface area contributed by atoms with Gasteiger partial charge < -0.3 is 10.4 Å². The lowest BCUT2D eigenvalue weighted by Crippen LogP contribution is -2.29. The summed E-state index contributed by atoms with van der Waals surface area (Å²) in [5, 5.41) is 13.7. The molecule has 22 heavy (non-hydrogen) atoms. The molecule has 0 amide bonds. The average Bonchev–Trinajstić information content (AvgIpc) is 2.48. The summed E-state index contributed by atoms with van der Waals surface area (Å²) in [7, 11) is 0. The zero-order chi connectivity index (χ0) is 16.5. The van der Waals surface area contributed by atoms with Gasteiger partial charge in [0.05, 0.1) is 21.1 Å². The van der Waals surface area contributed by atoms with Crippen LogP contribution in [0.25, 0.3) is 0 Å². The average molecular weight is 338 g/mol. The van der Waals surface area contributed by atoms with E-state index in [1.807, 2.05) is 31.2 Å². The molecule has 3 nitrogen and oxygen atoms in total. The molecule has 0 radical (unpaired) electrons. The van der Waals surface area contributed by atoms with Crippen LogP contribution in [0.3, 0.4) is 0 Å². The molecule has 0 bridgehead atoms. The Kier molecular flexibility index (Phi) is 4.69. The molecule has 0 aliphatic rings. The van der Waals surface area contributed by atoms with E-state index in [9.17, 15) is 9.90 Å². The molecular weight excluding hydrogens is 321 g/mol. The van der Waals surface area contributed by atoms with Crippen molar-refractivity contribution in [1.82, 2.24) is 0 Å². The predicted octanol–water partition coefficient (Wildman–Crippen LogP) is 5.41. The molecule has 5 heteroatoms. The zero-order valence-electron chi connectivity index (χ0n) is 12.6. The van der Waals surface area contributed by atoms with E-state index in [0.717, 1.165) is 5.56 Å². The Morgan fingerprint density at radius 3 is 2.41 bits per heavy atom. The van der Waals surface area contributed by atoms with Crippen LogP contribution in [-0.2, 0) is 10.2 Å². The molecule has 0 fully saturated rings. The van der Waals surface area contributed by atoms with Crippen LogP contribution in [0.2, 0.25) is 10.0 Å². The fraction of sp³-hybridized carbons (Fsp3) is 0.235. The van der Waals surface area contributed by atoms with Crippen molar-refractivity contribution in [3.05, 3.63) is 57.6 Å². The van der Waals surface area contributed by atoms with Crippen molar-refractivity contribution in [3.8, 4) is 0 Å². The molecule has 0 aliphatic heterocycles. The first kappa shape index (κ1) is 16.7. The number of rotatable bonds is 4. The minimum Gasteiger partial charge on any atom is -0.481 e. The van der Waals surface area contributed by atoms with Gasteiger partial charge in [0, 0.05) is 5.69 Å². The van der Waals surface area contributed by atoms with Crippen LogP contribution >= 0.6 is 23.2 Å². The van der Waals surface area contributed by atoms with E-state index in [1.54, 1.807) is 26.0 Å². The fourth-order valence-corrected chi connectivity index (χ4v) is 2.62. The van der Waals surface area contributed by atoms with Crippen molar-refractivity contribution in [2.24, 2.45) is 0 Å². The number of anilines is 2. The highest BCUT2D eigenvalue weighted by atomic mass is 35.5. The normalized spacial score (nSPS) is 11.3. The second-order valence-corrected chi connectivity index (χ2v) is 6.44. The Bertz CT molecular complexity index is 727. The Hall–Kier alpha value is -1.71. The molecule has 0 heterocycles. The summed E-state index contributed by atoms with van der Waals surface area (Å²) in [5.41, 5.74) is 1.77. The number of hydrogen-bond acceptors (Lipinski definition) is 2. The predicted molar refractivity (Wildman–Crippen MR) is 91.6 cm³/mol. The van der Waals surface area contributed by atoms with Gasteiger partial charge in [-0.05, 0) is 44.0 Å². The highest BCUT2D eigenvalue weighted by molar-refractivity contribution is 6.39. The molecule has 0 spiro atoms. The second-order valence-electron chi connectivity index (χ2n) is 5.65. The van der Waals surface area contributed by atoms with Crippen LogP contribution in [0, 0.1) is 6.92 Å². The summed E-state index contributed by atoms with van der Waals surface area (Å²) in [5.74, 6) is -0.900. The van der Waals surface area contributed by atoms with Gasteiger partial charge in [0.15, 0.2) is 0 Å². The lowest BCUT2D eigenvalue weighted by molar-refractivity contribution is -0.142. The number of hydrogen-bond donors (Lipinski definition) is 2. The van der Waals surface area contributed by atoms with E-state index in [2.05, 4.69) is 5.32 Å². The minimum absolute atomic E-state index is 0.485. The van der Waals surface area contributed by atoms with Crippen LogP contribution < -0.4 is 5.32 Å². The van der Waals surface area contributed by atoms with Gasteiger partial charge in [0.2, 0.25) is 0 Å². The molecule has 0 atom stereocenters. The van der Waals surface area contributed by atoms with Crippen LogP contribution in [0.15, 0.2) is 36.4 Å². The fourth-order valence-electron chi connectivity index (χ4n) is 2.16. The van der Waals surface area contributed by atoms with Gasteiger partial charge in [0.1, 0.15) is 0 Å². The number of halogens is 2. The third kappa shape index (κ3) is 3.06. The van der Waals surface area contributed by atoms with Crippen LogP contribution in [-0.4, -0.2) is 11.1 Å². The van der Waals surface area contributed by atoms with Crippen molar-refractivity contribution in [2.75, 3.05) is 5.32 Å². The molecule has 0 aliphatic carbocycles. The summed E-state index contributed by atoms with van der Waals surface area (Å²) in [6.07, 6.45) is 0. The van der Waals surface area contributed by atoms with Crippen LogP contribution in [0.5, 0.6) is 0 Å². The molecule has 0 aromatic heterocycles. The maximum atomic E-state index is 11.5. The minimum atomic E-state index is -1.04. The summed E-state index contributed by atoms with van der Waals surface area (Å²) in [6, 6.07) is 10.8. The van der Waals surface area contributed by atoms with E-state index in [0.29, 0.717) is 27.0 Å². The first-order chi connectivity index (χ1) is 10.2. The van der Waals surface area contributed by atoms with Gasteiger partial charge in [-0.15, -0.1) is 0 Å². The molecule has 2 aromatic rings. The molecule has 2 rings (SSSR count). The molecule has 0 saturated heterocycles. The van der Waals surface area contributed by atoms with E-state index < -0.39 is 11.4 Å². The van der Waals surface area contributed by atoms with Gasteiger partial charge in [-0.25, -0.2) is 0 Å². The Morgan fingerprint density at radius 1 is 1.14 bits per heavy atom. The summed E-state index contributed by atoms with van der Waals surface area (Å²) >= 11 is 12.5. The Morgan fingerprint density at radius 2 is 1.77 bits per heavy atom. The van der Waals surface area contributed by atoms with Crippen molar-refractivity contribution in [3.63, 3.8) is 0 Å². The summed E-state index contributed by atoms with van der Waals surface area (Å²) in [6.45, 7) is 5.21. The lowest BCUT2D eigenvalue weighted by Gasteiger charge is -2.24. The Balaban J connectivity index is 2.53. The number of benzene rings is 2. The standard InChI is InChI=1S/C17H17Cl2NO2/c1-10-8-9-12(18)15(14(10)19)20-13-7-5-4-6-11(13)17(2,3)16(21)22/h4-9,20H,1-3H3,(H,21,22). The second kappa shape index (κ2) is 6.19. The summed E-state index contributed by atoms with van der Waals surface area (Å²) < 4.78 is 0. The number of nitrogens with one attached hydrogen (secondary N) is 1. The topological polar surface area (TPSA) is 49.3 Å². The molecule has 0 unspecified atom stereocenters. The first-order valence-electron chi connectivity index (χ1n) is 6.79. The quantitative estimate of drug-likeness (QED) is 0.784. The van der Waals surface area contributed by atoms with Gasteiger partial charge in [0.25, 0.3) is 0 Å². The maximum absolute atomic E-state index is 11.5. The monoisotopic (exact) mass is 337 g/mol. The molecule has 116 valence electrons. The molecule has 0 saturated carbocycles. The number of aryl methyl sites for hydroxylation is 1. The van der Waals surface area contributed by atoms with Gasteiger partial charge in [-0.3, -0.25) is 4.79 Å². The van der Waals surface area contributed by atoms with Crippen molar-refractivity contribution >= 4 is 40.5 Å². The number of carboxylic acid groups (broad SMARTS) is 1. The molecular formula is C17H17Cl2NO2. The smallest absolute Gasteiger partial charge is 0.313 e. The van der Waals surface area contributed by atoms with Crippen molar-refractivity contribution < 1.29 is 9.90 Å². The maximum Gasteiger partial charge on any atom is 0.313 e. The third-order valence-corrected chi connectivity index (χ3v) is 4.48. The lowest BCUT2D eigenvalue weighted by atomic mass is 9.83. The Labute approximate surface area is 139 Å². The highest BCUT2D eigenvalue weighted by Crippen LogP contribution is 2.38. The molecule has 2 aromatic carbocycles. The van der Waals surface area contributed by atoms with Crippen molar-refractivity contribution in [1.29, 1.82) is 0 Å². The first-order valence-corrected chi connectivity index (χ1v) is 7.55. The largest absolute Gasteiger partial charge is 0.481 e. The molecule has 2 N–H and O–H groups in total. The van der Waals surface area contributed by atoms with Gasteiger partial charge in [-0.1, -0.05) is 47.5 Å². The van der Waals surface area contributed by atoms with E-state index >= 15 is 0 Å². The number of carbonyl (C=O) groups is 1. The van der Waals surface area contributed by atoms with Crippen molar-refractivity contribution in [2.45, 2.75) is 26.2 Å². The third-order valence-electron chi connectivity index (χ3n) is 3.68. The summed E-state index contributed by atoms with van der Waals surface area (Å²) in [4.78, 5) is 11.5. The van der Waals surface area contributed by atoms with Crippen LogP contribution in [0.1, 0.15) is 25.0 Å².